The van der Waals surface area contributed by atoms with Gasteiger partial charge < -0.3 is 9.52 Å². The van der Waals surface area contributed by atoms with Crippen molar-refractivity contribution in [3.63, 3.8) is 0 Å². The van der Waals surface area contributed by atoms with E-state index in [1.54, 1.807) is 6.92 Å². The second-order valence-electron chi connectivity index (χ2n) is 4.29. The molecule has 0 aliphatic heterocycles. The summed E-state index contributed by atoms with van der Waals surface area (Å²) < 4.78 is 31.6. The quantitative estimate of drug-likeness (QED) is 0.500. The molecule has 0 bridgehead atoms. The van der Waals surface area contributed by atoms with Crippen molar-refractivity contribution in [1.82, 2.24) is 0 Å². The second-order valence-corrected chi connectivity index (χ2v) is 4.29. The Morgan fingerprint density at radius 1 is 1.05 bits per heavy atom. The molecule has 2 aromatic carbocycles. The molecule has 0 atom stereocenters. The fourth-order valence-electron chi connectivity index (χ4n) is 2.11. The molecular formula is C14H8F2O3. The summed E-state index contributed by atoms with van der Waals surface area (Å²) in [5.74, 6) is -2.17. The lowest BCUT2D eigenvalue weighted by Gasteiger charge is -2.06. The smallest absolute Gasteiger partial charge is 0.344 e. The van der Waals surface area contributed by atoms with E-state index in [0.29, 0.717) is 10.9 Å². The number of benzene rings is 2. The number of hydrogen-bond acceptors (Lipinski definition) is 3. The standard InChI is InChI=1S/C14H8F2O3/c1-6-12(17)3-2-7-8-4-10(15)11(16)5-9(8)14(18)19-13(6)7/h2-5,17H,1H3. The molecule has 1 N–H and O–H groups in total. The Labute approximate surface area is 105 Å². The molecule has 3 rings (SSSR count). The van der Waals surface area contributed by atoms with Gasteiger partial charge in [0, 0.05) is 16.3 Å². The van der Waals surface area contributed by atoms with Crippen LogP contribution in [0.2, 0.25) is 0 Å². The summed E-state index contributed by atoms with van der Waals surface area (Å²) in [5.41, 5.74) is -0.222. The molecule has 3 nitrogen and oxygen atoms in total. The zero-order valence-electron chi connectivity index (χ0n) is 9.83. The van der Waals surface area contributed by atoms with Crippen LogP contribution in [0.5, 0.6) is 5.75 Å². The van der Waals surface area contributed by atoms with Crippen molar-refractivity contribution in [3.05, 3.63) is 51.9 Å². The third-order valence-corrected chi connectivity index (χ3v) is 3.14. The Bertz CT molecular complexity index is 881. The maximum Gasteiger partial charge on any atom is 0.344 e. The third-order valence-electron chi connectivity index (χ3n) is 3.14. The Morgan fingerprint density at radius 2 is 1.68 bits per heavy atom. The van der Waals surface area contributed by atoms with Gasteiger partial charge in [-0.1, -0.05) is 0 Å². The van der Waals surface area contributed by atoms with Gasteiger partial charge in [0.25, 0.3) is 0 Å². The molecule has 0 saturated carbocycles. The number of aryl methyl sites for hydroxylation is 1. The average molecular weight is 262 g/mol. The normalized spacial score (nSPS) is 11.3. The number of aromatic hydroxyl groups is 1. The van der Waals surface area contributed by atoms with Crippen molar-refractivity contribution in [2.24, 2.45) is 0 Å². The van der Waals surface area contributed by atoms with Gasteiger partial charge in [0.2, 0.25) is 0 Å². The molecule has 0 aliphatic carbocycles. The van der Waals surface area contributed by atoms with Gasteiger partial charge in [-0.15, -0.1) is 0 Å². The summed E-state index contributed by atoms with van der Waals surface area (Å²) >= 11 is 0. The van der Waals surface area contributed by atoms with Crippen LogP contribution >= 0.6 is 0 Å². The number of halogens is 2. The minimum atomic E-state index is -1.10. The third kappa shape index (κ3) is 1.58. The van der Waals surface area contributed by atoms with Crippen molar-refractivity contribution in [1.29, 1.82) is 0 Å². The Kier molecular flexibility index (Phi) is 2.32. The van der Waals surface area contributed by atoms with Crippen LogP contribution in [0.25, 0.3) is 21.7 Å². The van der Waals surface area contributed by atoms with Gasteiger partial charge in [-0.2, -0.15) is 0 Å². The molecule has 0 aliphatic rings. The molecule has 0 unspecified atom stereocenters. The van der Waals surface area contributed by atoms with Crippen molar-refractivity contribution >= 4 is 21.7 Å². The van der Waals surface area contributed by atoms with Gasteiger partial charge in [0.05, 0.1) is 5.39 Å². The molecule has 0 radical (unpaired) electrons. The molecule has 3 aromatic rings. The van der Waals surface area contributed by atoms with Gasteiger partial charge in [-0.25, -0.2) is 13.6 Å². The van der Waals surface area contributed by atoms with Crippen LogP contribution in [0.4, 0.5) is 8.78 Å². The first-order chi connectivity index (χ1) is 8.99. The minimum absolute atomic E-state index is 0.0300. The molecule has 1 heterocycles. The van der Waals surface area contributed by atoms with Gasteiger partial charge >= 0.3 is 5.63 Å². The fraction of sp³-hybridized carbons (Fsp3) is 0.0714. The summed E-state index contributed by atoms with van der Waals surface area (Å²) in [6, 6.07) is 4.69. The zero-order valence-corrected chi connectivity index (χ0v) is 9.83. The SMILES string of the molecule is Cc1c(O)ccc2c1oc(=O)c1cc(F)c(F)cc12. The summed E-state index contributed by atoms with van der Waals surface area (Å²) in [6.07, 6.45) is 0. The molecule has 0 saturated heterocycles. The zero-order chi connectivity index (χ0) is 13.7. The maximum atomic E-state index is 13.3. The summed E-state index contributed by atoms with van der Waals surface area (Å²) in [7, 11) is 0. The van der Waals surface area contributed by atoms with E-state index in [2.05, 4.69) is 0 Å². The first-order valence-electron chi connectivity index (χ1n) is 5.53. The molecular weight excluding hydrogens is 254 g/mol. The average Bonchev–Trinajstić information content (AvgIpc) is 2.37. The molecule has 0 spiro atoms. The predicted molar refractivity (Wildman–Crippen MR) is 66.3 cm³/mol. The Hall–Kier alpha value is -2.43. The second kappa shape index (κ2) is 3.78. The summed E-state index contributed by atoms with van der Waals surface area (Å²) in [5, 5.41) is 10.3. The monoisotopic (exact) mass is 262 g/mol. The first kappa shape index (κ1) is 11.6. The molecule has 0 fully saturated rings. The fourth-order valence-corrected chi connectivity index (χ4v) is 2.11. The van der Waals surface area contributed by atoms with E-state index >= 15 is 0 Å². The highest BCUT2D eigenvalue weighted by Crippen LogP contribution is 2.30. The summed E-state index contributed by atoms with van der Waals surface area (Å²) in [6.45, 7) is 1.58. The van der Waals surface area contributed by atoms with Crippen LogP contribution < -0.4 is 5.63 Å². The largest absolute Gasteiger partial charge is 0.508 e. The molecule has 0 amide bonds. The van der Waals surface area contributed by atoms with Crippen molar-refractivity contribution in [3.8, 4) is 5.75 Å². The van der Waals surface area contributed by atoms with Crippen LogP contribution in [0, 0.1) is 18.6 Å². The number of phenolic OH excluding ortho intramolecular Hbond substituents is 1. The van der Waals surface area contributed by atoms with E-state index in [-0.39, 0.29) is 22.1 Å². The lowest BCUT2D eigenvalue weighted by molar-refractivity contribution is 0.468. The van der Waals surface area contributed by atoms with E-state index in [0.717, 1.165) is 12.1 Å². The lowest BCUT2D eigenvalue weighted by Crippen LogP contribution is -2.02. The lowest BCUT2D eigenvalue weighted by atomic mass is 10.0. The van der Waals surface area contributed by atoms with E-state index in [4.69, 9.17) is 4.42 Å². The van der Waals surface area contributed by atoms with Crippen molar-refractivity contribution in [2.75, 3.05) is 0 Å². The summed E-state index contributed by atoms with van der Waals surface area (Å²) in [4.78, 5) is 11.8. The van der Waals surface area contributed by atoms with Gasteiger partial charge in [0.1, 0.15) is 11.3 Å². The first-order valence-corrected chi connectivity index (χ1v) is 5.53. The number of fused-ring (bicyclic) bond motifs is 3. The Morgan fingerprint density at radius 3 is 2.37 bits per heavy atom. The number of phenols is 1. The van der Waals surface area contributed by atoms with Gasteiger partial charge in [0.15, 0.2) is 11.6 Å². The van der Waals surface area contributed by atoms with Crippen LogP contribution in [0.3, 0.4) is 0 Å². The highest BCUT2D eigenvalue weighted by Gasteiger charge is 2.14. The Balaban J connectivity index is 2.64. The minimum Gasteiger partial charge on any atom is -0.508 e. The predicted octanol–water partition coefficient (Wildman–Crippen LogP) is 3.24. The highest BCUT2D eigenvalue weighted by atomic mass is 19.2. The van der Waals surface area contributed by atoms with E-state index in [9.17, 15) is 18.7 Å². The van der Waals surface area contributed by atoms with E-state index in [1.165, 1.54) is 12.1 Å². The van der Waals surface area contributed by atoms with Crippen molar-refractivity contribution < 1.29 is 18.3 Å². The van der Waals surface area contributed by atoms with Crippen LogP contribution in [0.15, 0.2) is 33.5 Å². The van der Waals surface area contributed by atoms with Gasteiger partial charge in [-0.3, -0.25) is 0 Å². The van der Waals surface area contributed by atoms with Crippen LogP contribution in [-0.2, 0) is 0 Å². The maximum absolute atomic E-state index is 13.3. The van der Waals surface area contributed by atoms with Gasteiger partial charge in [-0.05, 0) is 31.2 Å². The van der Waals surface area contributed by atoms with Crippen LogP contribution in [-0.4, -0.2) is 5.11 Å². The van der Waals surface area contributed by atoms with E-state index < -0.39 is 17.3 Å². The molecule has 1 aromatic heterocycles. The van der Waals surface area contributed by atoms with Crippen molar-refractivity contribution in [2.45, 2.75) is 6.92 Å². The number of hydrogen-bond donors (Lipinski definition) is 1. The van der Waals surface area contributed by atoms with E-state index in [1.807, 2.05) is 0 Å². The highest BCUT2D eigenvalue weighted by molar-refractivity contribution is 6.05. The molecule has 19 heavy (non-hydrogen) atoms. The molecule has 5 heteroatoms. The molecule has 96 valence electrons. The van der Waals surface area contributed by atoms with Crippen LogP contribution in [0.1, 0.15) is 5.56 Å². The topological polar surface area (TPSA) is 50.4 Å². The number of rotatable bonds is 0.